The number of carbonyl (C=O) groups is 2. The third kappa shape index (κ3) is 13.8. The summed E-state index contributed by atoms with van der Waals surface area (Å²) in [6.07, 6.45) is 28.7. The molecular weight excluding hydrogens is 472 g/mol. The molecule has 0 bridgehead atoms. The summed E-state index contributed by atoms with van der Waals surface area (Å²) >= 11 is 0. The minimum absolute atomic E-state index is 0.168. The molecule has 0 aliphatic rings. The molecule has 0 fully saturated rings. The van der Waals surface area contributed by atoms with Gasteiger partial charge in [-0.2, -0.15) is 0 Å². The number of carbonyl (C=O) groups excluding carboxylic acids is 1. The average Bonchev–Trinajstić information content (AvgIpc) is 3.32. The van der Waals surface area contributed by atoms with E-state index in [1.54, 1.807) is 0 Å². The van der Waals surface area contributed by atoms with E-state index in [4.69, 9.17) is 0 Å². The third-order valence-corrected chi connectivity index (χ3v) is 7.40. The zero-order valence-electron chi connectivity index (χ0n) is 23.8. The fourth-order valence-corrected chi connectivity index (χ4v) is 5.05. The lowest BCUT2D eigenvalue weighted by molar-refractivity contribution is -0.141. The van der Waals surface area contributed by atoms with Crippen LogP contribution in [0.1, 0.15) is 128 Å². The van der Waals surface area contributed by atoms with Crippen molar-refractivity contribution in [2.24, 2.45) is 0 Å². The fourth-order valence-electron chi connectivity index (χ4n) is 5.05. The van der Waals surface area contributed by atoms with Crippen molar-refractivity contribution in [2.75, 3.05) is 0 Å². The molecule has 1 heterocycles. The van der Waals surface area contributed by atoms with Crippen molar-refractivity contribution in [1.29, 1.82) is 0 Å². The van der Waals surface area contributed by atoms with E-state index >= 15 is 0 Å². The van der Waals surface area contributed by atoms with Gasteiger partial charge in [0.05, 0.1) is 0 Å². The topological polar surface area (TPSA) is 82.2 Å². The Bertz CT molecular complexity index is 933. The molecule has 38 heavy (non-hydrogen) atoms. The first kappa shape index (κ1) is 31.7. The summed E-state index contributed by atoms with van der Waals surface area (Å²) in [5.74, 6) is -1.16. The summed E-state index contributed by atoms with van der Waals surface area (Å²) in [5.41, 5.74) is 1.89. The number of hydrogen-bond acceptors (Lipinski definition) is 2. The number of fused-ring (bicyclic) bond motifs is 1. The first-order valence-corrected chi connectivity index (χ1v) is 15.3. The van der Waals surface area contributed by atoms with Gasteiger partial charge >= 0.3 is 5.97 Å². The number of nitrogens with one attached hydrogen (secondary N) is 2. The lowest BCUT2D eigenvalue weighted by atomic mass is 10.0. The molecule has 0 radical (unpaired) electrons. The molecule has 3 N–H and O–H groups in total. The molecule has 5 heteroatoms. The van der Waals surface area contributed by atoms with Gasteiger partial charge in [-0.1, -0.05) is 114 Å². The van der Waals surface area contributed by atoms with Crippen molar-refractivity contribution in [3.8, 4) is 0 Å². The van der Waals surface area contributed by atoms with Crippen LogP contribution in [0.5, 0.6) is 0 Å². The number of H-pyrrole nitrogens is 1. The Morgan fingerprint density at radius 1 is 0.816 bits per heavy atom. The minimum atomic E-state index is -0.993. The lowest BCUT2D eigenvalue weighted by Gasteiger charge is -2.14. The number of allylic oxidation sites excluding steroid dienone is 2. The molecule has 0 saturated carbocycles. The maximum Gasteiger partial charge on any atom is 0.326 e. The number of benzene rings is 1. The average molecular weight is 525 g/mol. The van der Waals surface area contributed by atoms with Gasteiger partial charge in [-0.25, -0.2) is 4.79 Å². The van der Waals surface area contributed by atoms with Crippen molar-refractivity contribution >= 4 is 22.8 Å². The summed E-state index contributed by atoms with van der Waals surface area (Å²) in [5, 5.41) is 13.3. The smallest absolute Gasteiger partial charge is 0.326 e. The van der Waals surface area contributed by atoms with Crippen LogP contribution in [0.4, 0.5) is 0 Å². The molecule has 1 aromatic heterocycles. The van der Waals surface area contributed by atoms with E-state index in [1.165, 1.54) is 89.9 Å². The zero-order valence-corrected chi connectivity index (χ0v) is 23.8. The number of carboxylic acid groups (broad SMARTS) is 1. The first-order valence-electron chi connectivity index (χ1n) is 15.3. The summed E-state index contributed by atoms with van der Waals surface area (Å²) in [7, 11) is 0. The van der Waals surface area contributed by atoms with Gasteiger partial charge in [0.1, 0.15) is 6.04 Å². The number of hydrogen-bond donors (Lipinski definition) is 3. The predicted octanol–water partition coefficient (Wildman–Crippen LogP) is 8.88. The van der Waals surface area contributed by atoms with Gasteiger partial charge in [-0.3, -0.25) is 4.79 Å². The van der Waals surface area contributed by atoms with Crippen molar-refractivity contribution in [1.82, 2.24) is 10.3 Å². The van der Waals surface area contributed by atoms with Crippen molar-refractivity contribution in [3.05, 3.63) is 48.2 Å². The molecule has 0 aliphatic heterocycles. The molecule has 0 saturated heterocycles. The van der Waals surface area contributed by atoms with Crippen LogP contribution in [0.2, 0.25) is 0 Å². The van der Waals surface area contributed by atoms with Crippen LogP contribution >= 0.6 is 0 Å². The lowest BCUT2D eigenvalue weighted by Crippen LogP contribution is -2.42. The maximum atomic E-state index is 12.3. The number of carboxylic acids is 1. The molecule has 5 nitrogen and oxygen atoms in total. The maximum absolute atomic E-state index is 12.3. The van der Waals surface area contributed by atoms with E-state index < -0.39 is 12.0 Å². The van der Waals surface area contributed by atoms with Crippen LogP contribution in [0, 0.1) is 0 Å². The van der Waals surface area contributed by atoms with E-state index in [0.717, 1.165) is 35.7 Å². The van der Waals surface area contributed by atoms with E-state index in [2.05, 4.69) is 29.4 Å². The zero-order chi connectivity index (χ0) is 27.3. The molecule has 2 aromatic rings. The molecule has 2 rings (SSSR count). The Morgan fingerprint density at radius 3 is 1.97 bits per heavy atom. The molecule has 1 unspecified atom stereocenters. The molecule has 1 aromatic carbocycles. The fraction of sp³-hybridized carbons (Fsp3) is 0.636. The van der Waals surface area contributed by atoms with Gasteiger partial charge in [0, 0.05) is 29.9 Å². The van der Waals surface area contributed by atoms with E-state index in [0.29, 0.717) is 6.42 Å². The predicted molar refractivity (Wildman–Crippen MR) is 159 cm³/mol. The van der Waals surface area contributed by atoms with Crippen LogP contribution in [-0.2, 0) is 16.0 Å². The number of rotatable bonds is 23. The van der Waals surface area contributed by atoms with Crippen LogP contribution in [0.25, 0.3) is 10.9 Å². The normalized spacial score (nSPS) is 12.3. The van der Waals surface area contributed by atoms with Gasteiger partial charge < -0.3 is 15.4 Å². The minimum Gasteiger partial charge on any atom is -0.480 e. The number of aliphatic carboxylic acids is 1. The largest absolute Gasteiger partial charge is 0.480 e. The summed E-state index contributed by atoms with van der Waals surface area (Å²) in [6.45, 7) is 2.27. The van der Waals surface area contributed by atoms with Crippen molar-refractivity contribution < 1.29 is 14.7 Å². The summed E-state index contributed by atoms with van der Waals surface area (Å²) in [4.78, 5) is 27.2. The van der Waals surface area contributed by atoms with Crippen LogP contribution in [-0.4, -0.2) is 28.0 Å². The first-order chi connectivity index (χ1) is 18.6. The molecule has 0 aliphatic carbocycles. The second kappa shape index (κ2) is 20.4. The molecule has 212 valence electrons. The highest BCUT2D eigenvalue weighted by molar-refractivity contribution is 5.86. The second-order valence-corrected chi connectivity index (χ2v) is 10.8. The van der Waals surface area contributed by atoms with Gasteiger partial charge in [-0.15, -0.1) is 0 Å². The molecule has 0 spiro atoms. The molecular formula is C33H52N2O3. The third-order valence-electron chi connectivity index (χ3n) is 7.40. The van der Waals surface area contributed by atoms with Gasteiger partial charge in [0.15, 0.2) is 0 Å². The van der Waals surface area contributed by atoms with Gasteiger partial charge in [0.2, 0.25) is 5.91 Å². The number of para-hydroxylation sites is 1. The quantitative estimate of drug-likeness (QED) is 0.100. The van der Waals surface area contributed by atoms with Crippen LogP contribution in [0.3, 0.4) is 0 Å². The van der Waals surface area contributed by atoms with Gasteiger partial charge in [-0.05, 0) is 43.7 Å². The van der Waals surface area contributed by atoms with Crippen molar-refractivity contribution in [2.45, 2.75) is 135 Å². The highest BCUT2D eigenvalue weighted by atomic mass is 16.4. The SMILES string of the molecule is CCCCCCCC/C=C\CCCCCCCCCCCC(=O)NC(Cc1c[nH]c2ccccc12)C(=O)O. The summed E-state index contributed by atoms with van der Waals surface area (Å²) in [6, 6.07) is 6.90. The van der Waals surface area contributed by atoms with E-state index in [9.17, 15) is 14.7 Å². The number of aromatic nitrogens is 1. The Balaban J connectivity index is 1.42. The Labute approximate surface area is 230 Å². The second-order valence-electron chi connectivity index (χ2n) is 10.8. The number of unbranched alkanes of at least 4 members (excludes halogenated alkanes) is 15. The number of aromatic amines is 1. The Kier molecular flexibility index (Phi) is 17.0. The van der Waals surface area contributed by atoms with E-state index in [1.807, 2.05) is 30.5 Å². The molecule has 1 atom stereocenters. The highest BCUT2D eigenvalue weighted by Gasteiger charge is 2.21. The highest BCUT2D eigenvalue weighted by Crippen LogP contribution is 2.19. The van der Waals surface area contributed by atoms with Crippen LogP contribution < -0.4 is 5.32 Å². The molecule has 1 amide bonds. The van der Waals surface area contributed by atoms with Gasteiger partial charge in [0.25, 0.3) is 0 Å². The monoisotopic (exact) mass is 524 g/mol. The van der Waals surface area contributed by atoms with E-state index in [-0.39, 0.29) is 12.3 Å². The Hall–Kier alpha value is -2.56. The standard InChI is InChI=1S/C33H52N2O3/c1-2-3-4-5-6-7-8-9-10-11-12-13-14-15-16-17-18-19-20-25-32(36)35-31(33(37)38)26-28-27-34-30-24-22-21-23-29(28)30/h9-10,21-24,27,31,34H,2-8,11-20,25-26H2,1H3,(H,35,36)(H,37,38)/b10-9-. The Morgan fingerprint density at radius 2 is 1.37 bits per heavy atom. The van der Waals surface area contributed by atoms with Crippen LogP contribution in [0.15, 0.2) is 42.6 Å². The van der Waals surface area contributed by atoms with Crippen molar-refractivity contribution in [3.63, 3.8) is 0 Å². The number of amides is 1. The summed E-state index contributed by atoms with van der Waals surface area (Å²) < 4.78 is 0.